The number of benzene rings is 2. The molecule has 0 aliphatic carbocycles. The van der Waals surface area contributed by atoms with Gasteiger partial charge in [0.25, 0.3) is 0 Å². The van der Waals surface area contributed by atoms with Crippen LogP contribution in [0.25, 0.3) is 11.0 Å². The number of carbonyl (C=O) groups excluding carboxylic acids is 1. The summed E-state index contributed by atoms with van der Waals surface area (Å²) >= 11 is 0. The summed E-state index contributed by atoms with van der Waals surface area (Å²) in [5, 5.41) is 2.89. The number of halogens is 1. The third-order valence-electron chi connectivity index (χ3n) is 4.85. The highest BCUT2D eigenvalue weighted by atomic mass is 19.1. The molecule has 6 heteroatoms. The number of hydrogen-bond donors (Lipinski definition) is 2. The van der Waals surface area contributed by atoms with E-state index < -0.39 is 0 Å². The topological polar surface area (TPSA) is 66.9 Å². The van der Waals surface area contributed by atoms with E-state index >= 15 is 0 Å². The highest BCUT2D eigenvalue weighted by Gasteiger charge is 2.19. The summed E-state index contributed by atoms with van der Waals surface area (Å²) in [6.45, 7) is 4.87. The number of aromatic amines is 1. The molecule has 3 aromatic rings. The first-order valence-corrected chi connectivity index (χ1v) is 9.15. The van der Waals surface area contributed by atoms with E-state index in [1.807, 2.05) is 38.1 Å². The average molecular weight is 369 g/mol. The Labute approximate surface area is 157 Å². The molecule has 1 unspecified atom stereocenters. The molecule has 1 atom stereocenters. The Balaban J connectivity index is 1.60. The van der Waals surface area contributed by atoms with Gasteiger partial charge in [-0.25, -0.2) is 9.18 Å². The monoisotopic (exact) mass is 369 g/mol. The van der Waals surface area contributed by atoms with Gasteiger partial charge in [0.05, 0.1) is 11.0 Å². The number of H-pyrrole nitrogens is 1. The molecule has 2 aromatic carbocycles. The summed E-state index contributed by atoms with van der Waals surface area (Å²) in [7, 11) is 0. The summed E-state index contributed by atoms with van der Waals surface area (Å²) in [4.78, 5) is 27.3. The van der Waals surface area contributed by atoms with Gasteiger partial charge in [0, 0.05) is 19.5 Å². The molecule has 0 aliphatic rings. The summed E-state index contributed by atoms with van der Waals surface area (Å²) in [6.07, 6.45) is 0.325. The van der Waals surface area contributed by atoms with Crippen LogP contribution >= 0.6 is 0 Å². The SMILES string of the molecule is CC(C)C(CC(=O)NCCn1c(=O)[nH]c2ccccc21)c1ccc(F)cc1. The van der Waals surface area contributed by atoms with E-state index in [9.17, 15) is 14.0 Å². The van der Waals surface area contributed by atoms with Crippen LogP contribution in [0.2, 0.25) is 0 Å². The van der Waals surface area contributed by atoms with Gasteiger partial charge in [-0.15, -0.1) is 0 Å². The molecule has 1 aromatic heterocycles. The molecule has 2 N–H and O–H groups in total. The van der Waals surface area contributed by atoms with Gasteiger partial charge in [0.1, 0.15) is 5.82 Å². The fourth-order valence-electron chi connectivity index (χ4n) is 3.36. The highest BCUT2D eigenvalue weighted by molar-refractivity contribution is 5.77. The predicted molar refractivity (Wildman–Crippen MR) is 104 cm³/mol. The lowest BCUT2D eigenvalue weighted by molar-refractivity contribution is -0.121. The number of para-hydroxylation sites is 2. The number of aromatic nitrogens is 2. The van der Waals surface area contributed by atoms with Crippen LogP contribution in [-0.2, 0) is 11.3 Å². The molecule has 0 saturated carbocycles. The van der Waals surface area contributed by atoms with Crippen LogP contribution in [0.1, 0.15) is 31.7 Å². The Bertz CT molecular complexity index is 973. The van der Waals surface area contributed by atoms with E-state index in [1.54, 1.807) is 16.7 Å². The summed E-state index contributed by atoms with van der Waals surface area (Å²) < 4.78 is 14.8. The third-order valence-corrected chi connectivity index (χ3v) is 4.85. The van der Waals surface area contributed by atoms with Crippen LogP contribution < -0.4 is 11.0 Å². The van der Waals surface area contributed by atoms with Gasteiger partial charge in [0.15, 0.2) is 0 Å². The Morgan fingerprint density at radius 1 is 1.15 bits per heavy atom. The number of fused-ring (bicyclic) bond motifs is 1. The third kappa shape index (κ3) is 4.45. The Hall–Kier alpha value is -2.89. The number of carbonyl (C=O) groups is 1. The van der Waals surface area contributed by atoms with E-state index in [4.69, 9.17) is 0 Å². The zero-order chi connectivity index (χ0) is 19.4. The number of rotatable bonds is 7. The van der Waals surface area contributed by atoms with Crippen molar-refractivity contribution in [2.45, 2.75) is 32.7 Å². The van der Waals surface area contributed by atoms with Crippen molar-refractivity contribution >= 4 is 16.9 Å². The van der Waals surface area contributed by atoms with Gasteiger partial charge >= 0.3 is 5.69 Å². The Morgan fingerprint density at radius 3 is 2.56 bits per heavy atom. The average Bonchev–Trinajstić information content (AvgIpc) is 2.96. The van der Waals surface area contributed by atoms with Gasteiger partial charge in [-0.2, -0.15) is 0 Å². The van der Waals surface area contributed by atoms with E-state index in [1.165, 1.54) is 12.1 Å². The predicted octanol–water partition coefficient (Wildman–Crippen LogP) is 3.41. The lowest BCUT2D eigenvalue weighted by Crippen LogP contribution is -2.31. The van der Waals surface area contributed by atoms with Crippen LogP contribution in [0.3, 0.4) is 0 Å². The normalized spacial score (nSPS) is 12.4. The van der Waals surface area contributed by atoms with Crippen molar-refractivity contribution in [3.8, 4) is 0 Å². The quantitative estimate of drug-likeness (QED) is 0.670. The maximum Gasteiger partial charge on any atom is 0.326 e. The molecule has 142 valence electrons. The first kappa shape index (κ1) is 18.9. The minimum Gasteiger partial charge on any atom is -0.354 e. The minimum atomic E-state index is -0.283. The number of imidazole rings is 1. The standard InChI is InChI=1S/C21H24FN3O2/c1-14(2)17(15-7-9-16(22)10-8-15)13-20(26)23-11-12-25-19-6-4-3-5-18(19)24-21(25)27/h3-10,14,17H,11-13H2,1-2H3,(H,23,26)(H,24,27). The van der Waals surface area contributed by atoms with Crippen LogP contribution in [-0.4, -0.2) is 22.0 Å². The van der Waals surface area contributed by atoms with Crippen LogP contribution in [0.4, 0.5) is 4.39 Å². The molecule has 0 fully saturated rings. The summed E-state index contributed by atoms with van der Waals surface area (Å²) in [5.41, 5.74) is 2.37. The van der Waals surface area contributed by atoms with Crippen molar-refractivity contribution in [1.29, 1.82) is 0 Å². The zero-order valence-electron chi connectivity index (χ0n) is 15.5. The molecule has 0 saturated heterocycles. The molecule has 0 radical (unpaired) electrons. The molecular weight excluding hydrogens is 345 g/mol. The number of nitrogens with zero attached hydrogens (tertiary/aromatic N) is 1. The second kappa shape index (κ2) is 8.20. The molecule has 1 amide bonds. The van der Waals surface area contributed by atoms with E-state index in [0.717, 1.165) is 16.6 Å². The Morgan fingerprint density at radius 2 is 1.85 bits per heavy atom. The molecule has 27 heavy (non-hydrogen) atoms. The van der Waals surface area contributed by atoms with Crippen molar-refractivity contribution < 1.29 is 9.18 Å². The molecule has 3 rings (SSSR count). The van der Waals surface area contributed by atoms with E-state index in [2.05, 4.69) is 10.3 Å². The molecule has 1 heterocycles. The largest absolute Gasteiger partial charge is 0.354 e. The van der Waals surface area contributed by atoms with Crippen molar-refractivity contribution in [2.75, 3.05) is 6.54 Å². The fraction of sp³-hybridized carbons (Fsp3) is 0.333. The second-order valence-corrected chi connectivity index (χ2v) is 7.06. The smallest absolute Gasteiger partial charge is 0.326 e. The number of hydrogen-bond acceptors (Lipinski definition) is 2. The van der Waals surface area contributed by atoms with Gasteiger partial charge in [-0.1, -0.05) is 38.1 Å². The molecule has 0 spiro atoms. The maximum atomic E-state index is 13.1. The minimum absolute atomic E-state index is 0.0152. The highest BCUT2D eigenvalue weighted by Crippen LogP contribution is 2.28. The van der Waals surface area contributed by atoms with Crippen molar-refractivity contribution in [1.82, 2.24) is 14.9 Å². The van der Waals surface area contributed by atoms with Gasteiger partial charge in [-0.3, -0.25) is 9.36 Å². The zero-order valence-corrected chi connectivity index (χ0v) is 15.5. The second-order valence-electron chi connectivity index (χ2n) is 7.06. The lowest BCUT2D eigenvalue weighted by Gasteiger charge is -2.21. The van der Waals surface area contributed by atoms with Crippen LogP contribution in [0.5, 0.6) is 0 Å². The van der Waals surface area contributed by atoms with Gasteiger partial charge < -0.3 is 10.3 Å². The summed E-state index contributed by atoms with van der Waals surface area (Å²) in [6, 6.07) is 13.8. The van der Waals surface area contributed by atoms with E-state index in [0.29, 0.717) is 19.5 Å². The fourth-order valence-corrected chi connectivity index (χ4v) is 3.36. The summed E-state index contributed by atoms with van der Waals surface area (Å²) in [5.74, 6) is -0.0975. The first-order chi connectivity index (χ1) is 13.0. The van der Waals surface area contributed by atoms with Crippen molar-refractivity contribution in [3.05, 3.63) is 70.4 Å². The molecular formula is C21H24FN3O2. The Kier molecular flexibility index (Phi) is 5.74. The first-order valence-electron chi connectivity index (χ1n) is 9.15. The van der Waals surface area contributed by atoms with Crippen molar-refractivity contribution in [2.24, 2.45) is 5.92 Å². The number of nitrogens with one attached hydrogen (secondary N) is 2. The van der Waals surface area contributed by atoms with E-state index in [-0.39, 0.29) is 29.2 Å². The van der Waals surface area contributed by atoms with Gasteiger partial charge in [0.2, 0.25) is 5.91 Å². The van der Waals surface area contributed by atoms with Crippen molar-refractivity contribution in [3.63, 3.8) is 0 Å². The lowest BCUT2D eigenvalue weighted by atomic mass is 9.85. The maximum absolute atomic E-state index is 13.1. The number of amides is 1. The van der Waals surface area contributed by atoms with Crippen LogP contribution in [0, 0.1) is 11.7 Å². The molecule has 0 aliphatic heterocycles. The molecule has 0 bridgehead atoms. The van der Waals surface area contributed by atoms with Gasteiger partial charge in [-0.05, 0) is 41.7 Å². The molecule has 5 nitrogen and oxygen atoms in total. The van der Waals surface area contributed by atoms with Crippen LogP contribution in [0.15, 0.2) is 53.3 Å².